The number of rotatable bonds is 5. The van der Waals surface area contributed by atoms with Gasteiger partial charge in [0.05, 0.1) is 10.6 Å². The summed E-state index contributed by atoms with van der Waals surface area (Å²) >= 11 is 3.42. The Morgan fingerprint density at radius 2 is 1.77 bits per heavy atom. The number of halogens is 1. The molecule has 0 aliphatic carbocycles. The van der Waals surface area contributed by atoms with Crippen LogP contribution in [-0.2, 0) is 19.7 Å². The first-order chi connectivity index (χ1) is 14.8. The number of oxime groups is 1. The van der Waals surface area contributed by atoms with Gasteiger partial charge in [0.1, 0.15) is 0 Å². The summed E-state index contributed by atoms with van der Waals surface area (Å²) in [6.45, 7) is 0. The number of amides is 1. The zero-order valence-electron chi connectivity index (χ0n) is 16.2. The van der Waals surface area contributed by atoms with Crippen LogP contribution in [-0.4, -0.2) is 26.1 Å². The van der Waals surface area contributed by atoms with Gasteiger partial charge in [-0.3, -0.25) is 4.79 Å². The molecule has 7 nitrogen and oxygen atoms in total. The van der Waals surface area contributed by atoms with Crippen molar-refractivity contribution in [2.45, 2.75) is 17.4 Å². The first-order valence-corrected chi connectivity index (χ1v) is 11.7. The number of nitrogens with zero attached hydrogens (tertiary/aromatic N) is 1. The average molecular weight is 500 g/mol. The topological polar surface area (TPSA) is 111 Å². The van der Waals surface area contributed by atoms with Crippen molar-refractivity contribution in [2.24, 2.45) is 10.3 Å². The Hall–Kier alpha value is -3.01. The van der Waals surface area contributed by atoms with Crippen LogP contribution in [0.1, 0.15) is 12.0 Å². The number of nitrogens with two attached hydrogens (primary N) is 1. The molecule has 1 atom stereocenters. The van der Waals surface area contributed by atoms with Gasteiger partial charge < -0.3 is 10.2 Å². The predicted octanol–water partition coefficient (Wildman–Crippen LogP) is 3.90. The second kappa shape index (κ2) is 8.62. The van der Waals surface area contributed by atoms with Gasteiger partial charge in [-0.25, -0.2) is 13.6 Å². The Morgan fingerprint density at radius 1 is 1.03 bits per heavy atom. The highest BCUT2D eigenvalue weighted by atomic mass is 79.9. The van der Waals surface area contributed by atoms with Gasteiger partial charge in [0.2, 0.25) is 16.1 Å². The number of sulfonamides is 1. The molecule has 1 amide bonds. The lowest BCUT2D eigenvalue weighted by Crippen LogP contribution is -2.28. The molecule has 31 heavy (non-hydrogen) atoms. The van der Waals surface area contributed by atoms with Gasteiger partial charge in [-0.15, -0.1) is 0 Å². The van der Waals surface area contributed by atoms with Gasteiger partial charge in [0, 0.05) is 27.7 Å². The maximum atomic E-state index is 12.6. The zero-order valence-corrected chi connectivity index (χ0v) is 18.6. The first kappa shape index (κ1) is 21.2. The van der Waals surface area contributed by atoms with Crippen LogP contribution in [0, 0.1) is 0 Å². The molecule has 3 aromatic carbocycles. The number of anilines is 1. The molecule has 0 fully saturated rings. The minimum atomic E-state index is -3.85. The summed E-state index contributed by atoms with van der Waals surface area (Å²) in [7, 11) is -3.85. The SMILES string of the molecule is NS(=O)(=O)c1ccccc1-c1ccc(NC(=O)C2CC(c3cccc(Br)c3)=NO2)cc1. The Balaban J connectivity index is 1.44. The second-order valence-corrected chi connectivity index (χ2v) is 9.40. The van der Waals surface area contributed by atoms with E-state index < -0.39 is 16.1 Å². The summed E-state index contributed by atoms with van der Waals surface area (Å²) in [5.74, 6) is -0.313. The monoisotopic (exact) mass is 499 g/mol. The smallest absolute Gasteiger partial charge is 0.268 e. The van der Waals surface area contributed by atoms with E-state index >= 15 is 0 Å². The van der Waals surface area contributed by atoms with E-state index in [9.17, 15) is 13.2 Å². The van der Waals surface area contributed by atoms with Crippen molar-refractivity contribution in [3.05, 3.63) is 82.8 Å². The molecule has 9 heteroatoms. The minimum absolute atomic E-state index is 0.0448. The lowest BCUT2D eigenvalue weighted by atomic mass is 10.0. The van der Waals surface area contributed by atoms with Gasteiger partial charge in [0.15, 0.2) is 0 Å². The third kappa shape index (κ3) is 4.84. The van der Waals surface area contributed by atoms with Gasteiger partial charge in [-0.2, -0.15) is 0 Å². The molecule has 4 rings (SSSR count). The standard InChI is InChI=1S/C22H18BrN3O4S/c23-16-5-3-4-15(12-16)19-13-20(30-26-19)22(27)25-17-10-8-14(9-11-17)18-6-1-2-7-21(18)31(24,28)29/h1-12,20H,13H2,(H,25,27)(H2,24,28,29). The van der Waals surface area contributed by atoms with Crippen LogP contribution in [0.3, 0.4) is 0 Å². The van der Waals surface area contributed by atoms with E-state index in [1.165, 1.54) is 6.07 Å². The van der Waals surface area contributed by atoms with E-state index in [0.29, 0.717) is 28.9 Å². The molecular formula is C22H18BrN3O4S. The number of hydrogen-bond donors (Lipinski definition) is 2. The molecule has 158 valence electrons. The molecule has 1 aliphatic rings. The summed E-state index contributed by atoms with van der Waals surface area (Å²) in [5, 5.41) is 12.2. The molecule has 0 saturated carbocycles. The Morgan fingerprint density at radius 3 is 2.48 bits per heavy atom. The molecule has 1 unspecified atom stereocenters. The summed E-state index contributed by atoms with van der Waals surface area (Å²) < 4.78 is 24.6. The number of carbonyl (C=O) groups is 1. The maximum Gasteiger partial charge on any atom is 0.268 e. The van der Waals surface area contributed by atoms with Crippen molar-refractivity contribution in [3.63, 3.8) is 0 Å². The molecule has 0 radical (unpaired) electrons. The van der Waals surface area contributed by atoms with E-state index in [4.69, 9.17) is 9.98 Å². The zero-order chi connectivity index (χ0) is 22.0. The molecule has 3 N–H and O–H groups in total. The lowest BCUT2D eigenvalue weighted by Gasteiger charge is -2.11. The second-order valence-electron chi connectivity index (χ2n) is 6.95. The van der Waals surface area contributed by atoms with E-state index in [1.807, 2.05) is 24.3 Å². The molecule has 1 heterocycles. The Bertz CT molecular complexity index is 1270. The van der Waals surface area contributed by atoms with Crippen LogP contribution >= 0.6 is 15.9 Å². The molecule has 0 aromatic heterocycles. The van der Waals surface area contributed by atoms with E-state index in [2.05, 4.69) is 26.4 Å². The fourth-order valence-corrected chi connectivity index (χ4v) is 4.43. The van der Waals surface area contributed by atoms with Crippen LogP contribution in [0.15, 0.2) is 87.3 Å². The third-order valence-corrected chi connectivity index (χ3v) is 6.24. The van der Waals surface area contributed by atoms with Crippen LogP contribution in [0.4, 0.5) is 5.69 Å². The molecule has 1 aliphatic heterocycles. The molecule has 0 bridgehead atoms. The summed E-state index contributed by atoms with van der Waals surface area (Å²) in [4.78, 5) is 17.9. The molecule has 3 aromatic rings. The fourth-order valence-electron chi connectivity index (χ4n) is 3.27. The van der Waals surface area contributed by atoms with Gasteiger partial charge in [0.25, 0.3) is 5.91 Å². The molecule has 0 spiro atoms. The number of benzene rings is 3. The fraction of sp³-hybridized carbons (Fsp3) is 0.0909. The Labute approximate surface area is 188 Å². The van der Waals surface area contributed by atoms with Crippen molar-refractivity contribution >= 4 is 43.3 Å². The quantitative estimate of drug-likeness (QED) is 0.554. The van der Waals surface area contributed by atoms with Gasteiger partial charge in [-0.05, 0) is 35.9 Å². The number of hydrogen-bond acceptors (Lipinski definition) is 5. The number of nitrogens with one attached hydrogen (secondary N) is 1. The normalized spacial score (nSPS) is 15.8. The van der Waals surface area contributed by atoms with Crippen molar-refractivity contribution in [1.29, 1.82) is 0 Å². The van der Waals surface area contributed by atoms with Crippen molar-refractivity contribution < 1.29 is 18.0 Å². The summed E-state index contributed by atoms with van der Waals surface area (Å²) in [5.41, 5.74) is 3.31. The van der Waals surface area contributed by atoms with Crippen LogP contribution in [0.2, 0.25) is 0 Å². The first-order valence-electron chi connectivity index (χ1n) is 9.33. The lowest BCUT2D eigenvalue weighted by molar-refractivity contribution is -0.125. The van der Waals surface area contributed by atoms with Crippen LogP contribution < -0.4 is 10.5 Å². The number of primary sulfonamides is 1. The highest BCUT2D eigenvalue weighted by Crippen LogP contribution is 2.28. The van der Waals surface area contributed by atoms with Crippen molar-refractivity contribution in [1.82, 2.24) is 0 Å². The number of carbonyl (C=O) groups excluding carboxylic acids is 1. The van der Waals surface area contributed by atoms with E-state index in [0.717, 1.165) is 10.0 Å². The maximum absolute atomic E-state index is 12.6. The van der Waals surface area contributed by atoms with Crippen LogP contribution in [0.25, 0.3) is 11.1 Å². The highest BCUT2D eigenvalue weighted by molar-refractivity contribution is 9.10. The van der Waals surface area contributed by atoms with Gasteiger partial charge >= 0.3 is 0 Å². The summed E-state index contributed by atoms with van der Waals surface area (Å²) in [6.07, 6.45) is -0.362. The van der Waals surface area contributed by atoms with Crippen molar-refractivity contribution in [3.8, 4) is 11.1 Å². The largest absolute Gasteiger partial charge is 0.382 e. The van der Waals surface area contributed by atoms with Gasteiger partial charge in [-0.1, -0.05) is 63.6 Å². The minimum Gasteiger partial charge on any atom is -0.382 e. The Kier molecular flexibility index (Phi) is 5.90. The predicted molar refractivity (Wildman–Crippen MR) is 122 cm³/mol. The molecular weight excluding hydrogens is 482 g/mol. The van der Waals surface area contributed by atoms with Crippen molar-refractivity contribution in [2.75, 3.05) is 5.32 Å². The van der Waals surface area contributed by atoms with Crippen LogP contribution in [0.5, 0.6) is 0 Å². The van der Waals surface area contributed by atoms with E-state index in [-0.39, 0.29) is 10.8 Å². The average Bonchev–Trinajstić information content (AvgIpc) is 3.24. The highest BCUT2D eigenvalue weighted by Gasteiger charge is 2.29. The van der Waals surface area contributed by atoms with E-state index in [1.54, 1.807) is 42.5 Å². The summed E-state index contributed by atoms with van der Waals surface area (Å²) in [6, 6.07) is 20.9. The molecule has 0 saturated heterocycles. The third-order valence-electron chi connectivity index (χ3n) is 4.78.